The van der Waals surface area contributed by atoms with Gasteiger partial charge in [-0.05, 0) is 42.7 Å². The normalized spacial score (nSPS) is 20.3. The SMILES string of the molecule is COc1ccc(CCN2CC[C@@H](Oc3ccc(F)cc3OC)[C@H](O)C2)cc1. The van der Waals surface area contributed by atoms with Gasteiger partial charge in [0.15, 0.2) is 11.5 Å². The van der Waals surface area contributed by atoms with E-state index in [0.29, 0.717) is 24.5 Å². The minimum absolute atomic E-state index is 0.332. The van der Waals surface area contributed by atoms with Crippen molar-refractivity contribution in [2.75, 3.05) is 33.9 Å². The Balaban J connectivity index is 1.51. The largest absolute Gasteiger partial charge is 0.497 e. The van der Waals surface area contributed by atoms with Gasteiger partial charge in [-0.3, -0.25) is 0 Å². The number of piperidine rings is 1. The van der Waals surface area contributed by atoms with Gasteiger partial charge in [-0.25, -0.2) is 4.39 Å². The van der Waals surface area contributed by atoms with Gasteiger partial charge in [-0.15, -0.1) is 0 Å². The first-order valence-electron chi connectivity index (χ1n) is 9.12. The number of β-amino-alcohol motifs (C(OH)–C–C–N with tert-alkyl or cyclic N) is 1. The molecule has 146 valence electrons. The molecule has 1 N–H and O–H groups in total. The highest BCUT2D eigenvalue weighted by molar-refractivity contribution is 5.40. The van der Waals surface area contributed by atoms with Crippen molar-refractivity contribution in [2.24, 2.45) is 0 Å². The Labute approximate surface area is 159 Å². The highest BCUT2D eigenvalue weighted by Gasteiger charge is 2.29. The maximum atomic E-state index is 13.3. The number of ether oxygens (including phenoxy) is 3. The molecule has 1 aliphatic heterocycles. The van der Waals surface area contributed by atoms with E-state index in [-0.39, 0.29) is 11.9 Å². The van der Waals surface area contributed by atoms with Crippen LogP contribution in [0.5, 0.6) is 17.2 Å². The lowest BCUT2D eigenvalue weighted by atomic mass is 10.0. The predicted molar refractivity (Wildman–Crippen MR) is 101 cm³/mol. The lowest BCUT2D eigenvalue weighted by Gasteiger charge is -2.36. The molecular formula is C21H26FNO4. The zero-order chi connectivity index (χ0) is 19.2. The van der Waals surface area contributed by atoms with Crippen LogP contribution in [-0.4, -0.2) is 56.1 Å². The topological polar surface area (TPSA) is 51.2 Å². The Bertz CT molecular complexity index is 737. The lowest BCUT2D eigenvalue weighted by Crippen LogP contribution is -2.49. The highest BCUT2D eigenvalue weighted by atomic mass is 19.1. The Kier molecular flexibility index (Phi) is 6.53. The molecule has 27 heavy (non-hydrogen) atoms. The summed E-state index contributed by atoms with van der Waals surface area (Å²) in [6.07, 6.45) is 0.671. The zero-order valence-corrected chi connectivity index (χ0v) is 15.7. The average molecular weight is 375 g/mol. The average Bonchev–Trinajstić information content (AvgIpc) is 2.69. The van der Waals surface area contributed by atoms with E-state index in [1.165, 1.54) is 30.9 Å². The van der Waals surface area contributed by atoms with Crippen LogP contribution in [0.2, 0.25) is 0 Å². The number of aliphatic hydroxyl groups excluding tert-OH is 1. The predicted octanol–water partition coefficient (Wildman–Crippen LogP) is 2.90. The number of benzene rings is 2. The Morgan fingerprint density at radius 2 is 1.85 bits per heavy atom. The molecule has 0 radical (unpaired) electrons. The van der Waals surface area contributed by atoms with Crippen LogP contribution in [0, 0.1) is 5.82 Å². The van der Waals surface area contributed by atoms with Crippen LogP contribution < -0.4 is 14.2 Å². The zero-order valence-electron chi connectivity index (χ0n) is 15.7. The van der Waals surface area contributed by atoms with Gasteiger partial charge < -0.3 is 24.2 Å². The molecule has 1 fully saturated rings. The van der Waals surface area contributed by atoms with E-state index in [9.17, 15) is 9.50 Å². The van der Waals surface area contributed by atoms with Crippen LogP contribution in [0.4, 0.5) is 4.39 Å². The molecule has 0 amide bonds. The van der Waals surface area contributed by atoms with Gasteiger partial charge in [0.25, 0.3) is 0 Å². The second-order valence-corrected chi connectivity index (χ2v) is 6.71. The fourth-order valence-corrected chi connectivity index (χ4v) is 3.30. The van der Waals surface area contributed by atoms with E-state index < -0.39 is 6.10 Å². The highest BCUT2D eigenvalue weighted by Crippen LogP contribution is 2.30. The van der Waals surface area contributed by atoms with Gasteiger partial charge in [0.2, 0.25) is 0 Å². The molecule has 1 saturated heterocycles. The summed E-state index contributed by atoms with van der Waals surface area (Å²) in [7, 11) is 3.13. The molecule has 2 aromatic rings. The van der Waals surface area contributed by atoms with Crippen molar-refractivity contribution < 1.29 is 23.7 Å². The van der Waals surface area contributed by atoms with Crippen molar-refractivity contribution in [3.63, 3.8) is 0 Å². The quantitative estimate of drug-likeness (QED) is 0.807. The van der Waals surface area contributed by atoms with E-state index in [2.05, 4.69) is 17.0 Å². The second kappa shape index (κ2) is 9.06. The number of nitrogens with zero attached hydrogens (tertiary/aromatic N) is 1. The molecular weight excluding hydrogens is 349 g/mol. The minimum atomic E-state index is -0.607. The molecule has 1 aliphatic rings. The lowest BCUT2D eigenvalue weighted by molar-refractivity contribution is -0.0257. The summed E-state index contributed by atoms with van der Waals surface area (Å²) in [6.45, 7) is 2.25. The first-order valence-corrected chi connectivity index (χ1v) is 9.12. The van der Waals surface area contributed by atoms with E-state index >= 15 is 0 Å². The molecule has 0 saturated carbocycles. The molecule has 3 rings (SSSR count). The molecule has 0 unspecified atom stereocenters. The Morgan fingerprint density at radius 1 is 1.07 bits per heavy atom. The molecule has 1 heterocycles. The summed E-state index contributed by atoms with van der Waals surface area (Å²) in [6, 6.07) is 12.2. The van der Waals surface area contributed by atoms with Gasteiger partial charge in [-0.2, -0.15) is 0 Å². The van der Waals surface area contributed by atoms with E-state index in [1.54, 1.807) is 7.11 Å². The summed E-state index contributed by atoms with van der Waals surface area (Å²) < 4.78 is 29.5. The first kappa shape index (κ1) is 19.5. The first-order chi connectivity index (χ1) is 13.1. The van der Waals surface area contributed by atoms with Crippen molar-refractivity contribution in [1.82, 2.24) is 4.90 Å². The third kappa shape index (κ3) is 5.11. The molecule has 0 aliphatic carbocycles. The fraction of sp³-hybridized carbons (Fsp3) is 0.429. The second-order valence-electron chi connectivity index (χ2n) is 6.71. The summed E-state index contributed by atoms with van der Waals surface area (Å²) >= 11 is 0. The number of hydrogen-bond acceptors (Lipinski definition) is 5. The van der Waals surface area contributed by atoms with Crippen molar-refractivity contribution in [1.29, 1.82) is 0 Å². The number of methoxy groups -OCH3 is 2. The minimum Gasteiger partial charge on any atom is -0.497 e. The van der Waals surface area contributed by atoms with E-state index in [4.69, 9.17) is 14.2 Å². The Morgan fingerprint density at radius 3 is 2.52 bits per heavy atom. The van der Waals surface area contributed by atoms with Gasteiger partial charge in [0.1, 0.15) is 23.8 Å². The molecule has 0 spiro atoms. The smallest absolute Gasteiger partial charge is 0.163 e. The number of hydrogen-bond donors (Lipinski definition) is 1. The van der Waals surface area contributed by atoms with Crippen molar-refractivity contribution in [3.8, 4) is 17.2 Å². The molecule has 0 aromatic heterocycles. The van der Waals surface area contributed by atoms with Crippen LogP contribution in [0.25, 0.3) is 0 Å². The molecule has 0 bridgehead atoms. The van der Waals surface area contributed by atoms with Crippen molar-refractivity contribution in [2.45, 2.75) is 25.0 Å². The van der Waals surface area contributed by atoms with Crippen LogP contribution in [0.3, 0.4) is 0 Å². The summed E-state index contributed by atoms with van der Waals surface area (Å²) in [5, 5.41) is 10.5. The summed E-state index contributed by atoms with van der Waals surface area (Å²) in [5.74, 6) is 1.26. The molecule has 2 atom stereocenters. The van der Waals surface area contributed by atoms with Gasteiger partial charge in [0, 0.05) is 25.7 Å². The third-order valence-electron chi connectivity index (χ3n) is 4.88. The molecule has 5 nitrogen and oxygen atoms in total. The number of rotatable bonds is 7. The van der Waals surface area contributed by atoms with Crippen molar-refractivity contribution >= 4 is 0 Å². The van der Waals surface area contributed by atoms with E-state index in [0.717, 1.165) is 25.3 Å². The number of likely N-dealkylation sites (tertiary alicyclic amines) is 1. The number of halogens is 1. The van der Waals surface area contributed by atoms with Crippen LogP contribution >= 0.6 is 0 Å². The molecule has 6 heteroatoms. The van der Waals surface area contributed by atoms with Crippen LogP contribution in [-0.2, 0) is 6.42 Å². The van der Waals surface area contributed by atoms with Gasteiger partial charge in [0.05, 0.1) is 14.2 Å². The maximum absolute atomic E-state index is 13.3. The van der Waals surface area contributed by atoms with Gasteiger partial charge in [-0.1, -0.05) is 12.1 Å². The monoisotopic (exact) mass is 375 g/mol. The third-order valence-corrected chi connectivity index (χ3v) is 4.88. The van der Waals surface area contributed by atoms with Crippen LogP contribution in [0.1, 0.15) is 12.0 Å². The van der Waals surface area contributed by atoms with Crippen molar-refractivity contribution in [3.05, 3.63) is 53.8 Å². The van der Waals surface area contributed by atoms with Crippen LogP contribution in [0.15, 0.2) is 42.5 Å². The summed E-state index contributed by atoms with van der Waals surface area (Å²) in [5.41, 5.74) is 1.24. The maximum Gasteiger partial charge on any atom is 0.163 e. The standard InChI is InChI=1S/C21H26FNO4/c1-25-17-6-3-15(4-7-17)9-11-23-12-10-19(18(24)14-23)27-20-8-5-16(22)13-21(20)26-2/h3-8,13,18-19,24H,9-12,14H2,1-2H3/t18-,19-/m1/s1. The van der Waals surface area contributed by atoms with Gasteiger partial charge >= 0.3 is 0 Å². The van der Waals surface area contributed by atoms with E-state index in [1.807, 2.05) is 12.1 Å². The number of aliphatic hydroxyl groups is 1. The Hall–Kier alpha value is -2.31. The molecule has 2 aromatic carbocycles. The summed E-state index contributed by atoms with van der Waals surface area (Å²) in [4.78, 5) is 2.23. The fourth-order valence-electron chi connectivity index (χ4n) is 3.30.